The van der Waals surface area contributed by atoms with E-state index in [2.05, 4.69) is 26.8 Å². The number of aromatic nitrogens is 5. The minimum atomic E-state index is -1.22. The molecule has 204 valence electrons. The first-order chi connectivity index (χ1) is 19.1. The van der Waals surface area contributed by atoms with Crippen LogP contribution >= 0.6 is 11.6 Å². The van der Waals surface area contributed by atoms with Gasteiger partial charge < -0.3 is 29.6 Å². The van der Waals surface area contributed by atoms with Crippen LogP contribution in [0.2, 0.25) is 5.02 Å². The van der Waals surface area contributed by atoms with Crippen molar-refractivity contribution in [2.24, 2.45) is 7.05 Å². The van der Waals surface area contributed by atoms with Crippen molar-refractivity contribution in [3.05, 3.63) is 89.4 Å². The molecule has 1 amide bonds. The summed E-state index contributed by atoms with van der Waals surface area (Å²) >= 11 is 6.47. The molecule has 0 bridgehead atoms. The van der Waals surface area contributed by atoms with Gasteiger partial charge in [-0.15, -0.1) is 0 Å². The molecule has 10 nitrogen and oxygen atoms in total. The van der Waals surface area contributed by atoms with Crippen LogP contribution in [0.1, 0.15) is 17.4 Å². The van der Waals surface area contributed by atoms with Gasteiger partial charge in [-0.3, -0.25) is 9.78 Å². The number of carbonyl (C=O) groups is 1. The predicted octanol–water partition coefficient (Wildman–Crippen LogP) is 5.53. The summed E-state index contributed by atoms with van der Waals surface area (Å²) < 4.78 is 8.01. The largest absolute Gasteiger partial charge is 0.457 e. The Morgan fingerprint density at radius 3 is 2.62 bits per heavy atom. The lowest BCUT2D eigenvalue weighted by atomic mass is 10.0. The fourth-order valence-corrected chi connectivity index (χ4v) is 4.47. The molecule has 0 fully saturated rings. The molecule has 0 spiro atoms. The van der Waals surface area contributed by atoms with Gasteiger partial charge in [0, 0.05) is 73.2 Å². The van der Waals surface area contributed by atoms with Crippen LogP contribution < -0.4 is 10.1 Å². The molecule has 0 aliphatic heterocycles. The maximum atomic E-state index is 12.2. The third-order valence-electron chi connectivity index (χ3n) is 6.33. The van der Waals surface area contributed by atoms with E-state index in [1.807, 2.05) is 42.8 Å². The number of pyridine rings is 1. The molecule has 3 aromatic heterocycles. The normalized spacial score (nSPS) is 11.8. The second kappa shape index (κ2) is 10.8. The van der Waals surface area contributed by atoms with Crippen LogP contribution in [0.3, 0.4) is 0 Å². The first-order valence-corrected chi connectivity index (χ1v) is 12.8. The van der Waals surface area contributed by atoms with Crippen molar-refractivity contribution in [3.63, 3.8) is 0 Å². The van der Waals surface area contributed by atoms with Crippen LogP contribution in [0.15, 0.2) is 73.1 Å². The highest BCUT2D eigenvalue weighted by atomic mass is 35.5. The molecular weight excluding hydrogens is 530 g/mol. The van der Waals surface area contributed by atoms with E-state index in [9.17, 15) is 9.90 Å². The number of hydrogen-bond acceptors (Lipinski definition) is 7. The second-order valence-corrected chi connectivity index (χ2v) is 9.93. The van der Waals surface area contributed by atoms with E-state index < -0.39 is 6.10 Å². The number of likely N-dealkylation sites (N-methyl/N-ethyl adjacent to an activating group) is 1. The molecule has 0 saturated carbocycles. The van der Waals surface area contributed by atoms with Crippen LogP contribution in [-0.4, -0.2) is 54.5 Å². The summed E-state index contributed by atoms with van der Waals surface area (Å²) in [7, 11) is 5.09. The number of aromatic amines is 1. The number of anilines is 2. The molecule has 3 heterocycles. The van der Waals surface area contributed by atoms with E-state index in [0.717, 1.165) is 16.7 Å². The molecule has 11 heteroatoms. The number of nitrogens with one attached hydrogen (secondary N) is 2. The number of halogens is 1. The van der Waals surface area contributed by atoms with E-state index in [-0.39, 0.29) is 11.5 Å². The Morgan fingerprint density at radius 1 is 1.15 bits per heavy atom. The van der Waals surface area contributed by atoms with Gasteiger partial charge in [0.15, 0.2) is 5.82 Å². The molecule has 2 aromatic carbocycles. The second-order valence-electron chi connectivity index (χ2n) is 9.53. The lowest BCUT2D eigenvalue weighted by Gasteiger charge is -2.19. The zero-order valence-electron chi connectivity index (χ0n) is 22.4. The SMILES string of the molecule is C=C(C(=O)N(C)C)C(O)c1ccc(Nc2nc3cc(Oc4ccnc(-c5ncc(C)[nH]5)c4)ccc3n2C)cc1Cl. The summed E-state index contributed by atoms with van der Waals surface area (Å²) in [4.78, 5) is 30.1. The fourth-order valence-electron chi connectivity index (χ4n) is 4.19. The summed E-state index contributed by atoms with van der Waals surface area (Å²) in [5.74, 6) is 2.14. The maximum absolute atomic E-state index is 12.2. The summed E-state index contributed by atoms with van der Waals surface area (Å²) in [5, 5.41) is 14.2. The van der Waals surface area contributed by atoms with Gasteiger partial charge in [0.1, 0.15) is 23.3 Å². The molecule has 0 aliphatic rings. The Morgan fingerprint density at radius 2 is 1.93 bits per heavy atom. The highest BCUT2D eigenvalue weighted by molar-refractivity contribution is 6.31. The van der Waals surface area contributed by atoms with Gasteiger partial charge in [0.2, 0.25) is 5.95 Å². The van der Waals surface area contributed by atoms with Gasteiger partial charge in [-0.05, 0) is 37.3 Å². The zero-order valence-corrected chi connectivity index (χ0v) is 23.2. The van der Waals surface area contributed by atoms with Gasteiger partial charge in [-0.2, -0.15) is 0 Å². The van der Waals surface area contributed by atoms with E-state index in [0.29, 0.717) is 45.2 Å². The molecule has 3 N–H and O–H groups in total. The summed E-state index contributed by atoms with van der Waals surface area (Å²) in [5.41, 5.74) is 4.36. The minimum absolute atomic E-state index is 0.0417. The van der Waals surface area contributed by atoms with Gasteiger partial charge >= 0.3 is 0 Å². The zero-order chi connectivity index (χ0) is 28.6. The van der Waals surface area contributed by atoms with E-state index in [1.54, 1.807) is 50.8 Å². The molecule has 40 heavy (non-hydrogen) atoms. The van der Waals surface area contributed by atoms with E-state index >= 15 is 0 Å². The maximum Gasteiger partial charge on any atom is 0.251 e. The number of amides is 1. The van der Waals surface area contributed by atoms with Crippen molar-refractivity contribution in [1.82, 2.24) is 29.4 Å². The van der Waals surface area contributed by atoms with E-state index in [1.165, 1.54) is 4.90 Å². The summed E-state index contributed by atoms with van der Waals surface area (Å²) in [6.07, 6.45) is 2.21. The highest BCUT2D eigenvalue weighted by Gasteiger charge is 2.22. The standard InChI is InChI=1S/C29H28ClN7O3/c1-16-15-32-27(33-16)24-14-20(10-11-31-24)40-19-7-9-25-23(13-19)35-29(37(25)5)34-18-6-8-21(22(30)12-18)26(38)17(2)28(39)36(3)4/h6-15,26,38H,2H2,1,3-5H3,(H,32,33)(H,34,35). The van der Waals surface area contributed by atoms with Gasteiger partial charge in [0.05, 0.1) is 11.0 Å². The lowest BCUT2D eigenvalue weighted by molar-refractivity contribution is -0.125. The minimum Gasteiger partial charge on any atom is -0.457 e. The Bertz CT molecular complexity index is 1740. The summed E-state index contributed by atoms with van der Waals surface area (Å²) in [6, 6.07) is 14.4. The van der Waals surface area contributed by atoms with Gasteiger partial charge in [0.25, 0.3) is 5.91 Å². The number of ether oxygens (including phenoxy) is 1. The van der Waals surface area contributed by atoms with Crippen molar-refractivity contribution in [2.45, 2.75) is 13.0 Å². The van der Waals surface area contributed by atoms with Crippen LogP contribution in [0, 0.1) is 6.92 Å². The lowest BCUT2D eigenvalue weighted by Crippen LogP contribution is -2.26. The van der Waals surface area contributed by atoms with E-state index in [4.69, 9.17) is 21.3 Å². The van der Waals surface area contributed by atoms with Crippen LogP contribution in [0.25, 0.3) is 22.6 Å². The van der Waals surface area contributed by atoms with Gasteiger partial charge in [-0.1, -0.05) is 24.2 Å². The molecule has 0 saturated heterocycles. The number of rotatable bonds is 8. The van der Waals surface area contributed by atoms with Crippen molar-refractivity contribution in [1.29, 1.82) is 0 Å². The number of aliphatic hydroxyl groups is 1. The van der Waals surface area contributed by atoms with Crippen LogP contribution in [-0.2, 0) is 11.8 Å². The van der Waals surface area contributed by atoms with Crippen molar-refractivity contribution in [3.8, 4) is 23.0 Å². The number of hydrogen-bond donors (Lipinski definition) is 3. The quantitative estimate of drug-likeness (QED) is 0.214. The molecule has 1 atom stereocenters. The number of imidazole rings is 2. The predicted molar refractivity (Wildman–Crippen MR) is 155 cm³/mol. The molecule has 0 radical (unpaired) electrons. The number of aryl methyl sites for hydroxylation is 2. The van der Waals surface area contributed by atoms with Crippen LogP contribution in [0.5, 0.6) is 11.5 Å². The smallest absolute Gasteiger partial charge is 0.251 e. The Hall–Kier alpha value is -4.67. The number of H-pyrrole nitrogens is 1. The number of benzene rings is 2. The summed E-state index contributed by atoms with van der Waals surface area (Å²) in [6.45, 7) is 5.66. The monoisotopic (exact) mass is 557 g/mol. The third kappa shape index (κ3) is 5.40. The molecular formula is C29H28ClN7O3. The Kier molecular flexibility index (Phi) is 7.29. The van der Waals surface area contributed by atoms with Crippen molar-refractivity contribution < 1.29 is 14.6 Å². The van der Waals surface area contributed by atoms with Crippen molar-refractivity contribution in [2.75, 3.05) is 19.4 Å². The Labute approximate surface area is 235 Å². The third-order valence-corrected chi connectivity index (χ3v) is 6.65. The molecule has 5 aromatic rings. The van der Waals surface area contributed by atoms with Crippen molar-refractivity contribution >= 4 is 40.2 Å². The number of aliphatic hydroxyl groups excluding tert-OH is 1. The van der Waals surface area contributed by atoms with Gasteiger partial charge in [-0.25, -0.2) is 9.97 Å². The van der Waals surface area contributed by atoms with Crippen LogP contribution in [0.4, 0.5) is 11.6 Å². The number of fused-ring (bicyclic) bond motifs is 1. The topological polar surface area (TPSA) is 121 Å². The molecule has 0 aliphatic carbocycles. The average molecular weight is 558 g/mol. The first-order valence-electron chi connectivity index (χ1n) is 12.4. The number of nitrogens with zero attached hydrogens (tertiary/aromatic N) is 5. The average Bonchev–Trinajstić information content (AvgIpc) is 3.50. The highest BCUT2D eigenvalue weighted by Crippen LogP contribution is 2.33. The Balaban J connectivity index is 1.34. The molecule has 5 rings (SSSR count). The first kappa shape index (κ1) is 26.9. The number of carbonyl (C=O) groups excluding carboxylic acids is 1. The fraction of sp³-hybridized carbons (Fsp3) is 0.172. The molecule has 1 unspecified atom stereocenters.